The van der Waals surface area contributed by atoms with Crippen molar-refractivity contribution in [2.75, 3.05) is 0 Å². The Labute approximate surface area is 163 Å². The van der Waals surface area contributed by atoms with Crippen molar-refractivity contribution in [3.05, 3.63) is 0 Å². The van der Waals surface area contributed by atoms with Crippen LogP contribution in [-0.4, -0.2) is 45.5 Å². The van der Waals surface area contributed by atoms with Crippen LogP contribution in [0.2, 0.25) is 36.3 Å². The summed E-state index contributed by atoms with van der Waals surface area (Å²) in [5.41, 5.74) is -0.619. The first kappa shape index (κ1) is 23.6. The summed E-state index contributed by atoms with van der Waals surface area (Å²) in [5, 5.41) is 0.137. The summed E-state index contributed by atoms with van der Waals surface area (Å²) in [4.78, 5) is 24.9. The Morgan fingerprint density at radius 3 is 1.92 bits per heavy atom. The molecule has 4 nitrogen and oxygen atoms in total. The fourth-order valence-corrected chi connectivity index (χ4v) is 7.48. The van der Waals surface area contributed by atoms with Crippen LogP contribution in [0.3, 0.4) is 0 Å². The van der Waals surface area contributed by atoms with Crippen molar-refractivity contribution in [3.63, 3.8) is 0 Å². The van der Waals surface area contributed by atoms with Gasteiger partial charge in [-0.15, -0.1) is 0 Å². The van der Waals surface area contributed by atoms with Crippen LogP contribution < -0.4 is 0 Å². The summed E-state index contributed by atoms with van der Waals surface area (Å²) < 4.78 is 8.67. The van der Waals surface area contributed by atoms with E-state index in [-0.39, 0.29) is 28.1 Å². The normalized spacial score (nSPS) is 26.5. The molecule has 152 valence electrons. The van der Waals surface area contributed by atoms with Crippen LogP contribution in [0.5, 0.6) is 0 Å². The van der Waals surface area contributed by atoms with Gasteiger partial charge in [-0.1, -0.05) is 54.6 Å². The molecule has 0 spiro atoms. The highest BCUT2D eigenvalue weighted by Gasteiger charge is 2.66. The molecule has 0 aliphatic carbocycles. The van der Waals surface area contributed by atoms with Gasteiger partial charge in [0.2, 0.25) is 5.91 Å². The van der Waals surface area contributed by atoms with Gasteiger partial charge < -0.3 is 13.8 Å². The largest absolute Gasteiger partial charge is 0.413 e. The number of carbonyl (C=O) groups is 2. The van der Waals surface area contributed by atoms with Gasteiger partial charge in [-0.3, -0.25) is 4.79 Å². The molecular formula is C20H41NO3Si2. The maximum Gasteiger partial charge on any atom is 0.225 e. The number of hydrogen-bond donors (Lipinski definition) is 0. The quantitative estimate of drug-likeness (QED) is 0.350. The predicted molar refractivity (Wildman–Crippen MR) is 114 cm³/mol. The number of aldehydes is 1. The second-order valence-electron chi connectivity index (χ2n) is 11.2. The minimum atomic E-state index is -2.03. The lowest BCUT2D eigenvalue weighted by Gasteiger charge is -2.64. The van der Waals surface area contributed by atoms with Gasteiger partial charge in [0.25, 0.3) is 0 Å². The molecule has 1 rings (SSSR count). The van der Waals surface area contributed by atoms with Crippen molar-refractivity contribution in [1.82, 2.24) is 4.57 Å². The number of nitrogens with zero attached hydrogens (tertiary/aromatic N) is 1. The Bertz CT molecular complexity index is 560. The summed E-state index contributed by atoms with van der Waals surface area (Å²) in [5.74, 6) is 0.169. The summed E-state index contributed by atoms with van der Waals surface area (Å²) in [6.07, 6.45) is 1.16. The Hall–Kier alpha value is -0.466. The first-order chi connectivity index (χ1) is 11.4. The van der Waals surface area contributed by atoms with E-state index in [2.05, 4.69) is 72.3 Å². The second kappa shape index (κ2) is 6.85. The van der Waals surface area contributed by atoms with Gasteiger partial charge >= 0.3 is 0 Å². The molecule has 26 heavy (non-hydrogen) atoms. The topological polar surface area (TPSA) is 46.6 Å². The average Bonchev–Trinajstić information content (AvgIpc) is 2.42. The fraction of sp³-hybridized carbons (Fsp3) is 0.900. The van der Waals surface area contributed by atoms with Crippen LogP contribution in [0.4, 0.5) is 0 Å². The molecular weight excluding hydrogens is 358 g/mol. The SMILES string of the molecule is CC(O[Si](C)(C)C(C)(C)C)[C@@]1(C)C(=O)N([Si](C)(C)C(C)(C)C)C1CC=O. The summed E-state index contributed by atoms with van der Waals surface area (Å²) in [6.45, 7) is 26.2. The number of β-lactam (4-membered cyclic amide) rings is 1. The molecule has 1 saturated heterocycles. The lowest BCUT2D eigenvalue weighted by atomic mass is 9.69. The molecule has 1 fully saturated rings. The van der Waals surface area contributed by atoms with E-state index in [1.807, 2.05) is 13.8 Å². The van der Waals surface area contributed by atoms with Crippen LogP contribution >= 0.6 is 0 Å². The first-order valence-corrected chi connectivity index (χ1v) is 15.7. The predicted octanol–water partition coefficient (Wildman–Crippen LogP) is 5.21. The van der Waals surface area contributed by atoms with Crippen molar-refractivity contribution >= 4 is 28.7 Å². The molecule has 1 amide bonds. The minimum absolute atomic E-state index is 0.0502. The Balaban J connectivity index is 3.23. The van der Waals surface area contributed by atoms with Crippen molar-refractivity contribution in [2.45, 2.75) is 110 Å². The summed E-state index contributed by atoms with van der Waals surface area (Å²) >= 11 is 0. The Kier molecular flexibility index (Phi) is 6.21. The lowest BCUT2D eigenvalue weighted by Crippen LogP contribution is -2.79. The van der Waals surface area contributed by atoms with Crippen molar-refractivity contribution in [3.8, 4) is 0 Å². The second-order valence-corrected chi connectivity index (χ2v) is 21.1. The van der Waals surface area contributed by atoms with Crippen molar-refractivity contribution in [1.29, 1.82) is 0 Å². The summed E-state index contributed by atoms with van der Waals surface area (Å²) in [7, 11) is -4.03. The molecule has 1 heterocycles. The van der Waals surface area contributed by atoms with E-state index in [1.54, 1.807) is 0 Å². The Morgan fingerprint density at radius 1 is 1.12 bits per heavy atom. The van der Waals surface area contributed by atoms with Gasteiger partial charge in [0.1, 0.15) is 6.29 Å². The van der Waals surface area contributed by atoms with Crippen molar-refractivity contribution in [2.24, 2.45) is 5.41 Å². The maximum atomic E-state index is 13.4. The lowest BCUT2D eigenvalue weighted by molar-refractivity contribution is -0.172. The number of rotatable bonds is 6. The van der Waals surface area contributed by atoms with Gasteiger partial charge in [-0.2, -0.15) is 0 Å². The fourth-order valence-electron chi connectivity index (χ4n) is 3.38. The van der Waals surface area contributed by atoms with Crippen molar-refractivity contribution < 1.29 is 14.0 Å². The van der Waals surface area contributed by atoms with Gasteiger partial charge in [-0.05, 0) is 37.0 Å². The molecule has 1 aliphatic rings. The van der Waals surface area contributed by atoms with E-state index in [1.165, 1.54) is 0 Å². The molecule has 2 unspecified atom stereocenters. The molecule has 1 aliphatic heterocycles. The zero-order valence-corrected chi connectivity index (χ0v) is 21.1. The number of amides is 1. The molecule has 6 heteroatoms. The highest BCUT2D eigenvalue weighted by molar-refractivity contribution is 6.80. The van der Waals surface area contributed by atoms with E-state index in [9.17, 15) is 9.59 Å². The van der Waals surface area contributed by atoms with Crippen LogP contribution in [-0.2, 0) is 14.0 Å². The standard InChI is InChI=1S/C20H41NO3Si2/c1-15(24-26(11,12)19(5,6)7)20(8)16(13-14-22)21(17(20)23)25(9,10)18(2,3)4/h14-16H,13H2,1-12H3/t15?,16?,20-/m1/s1. The van der Waals surface area contributed by atoms with E-state index in [0.29, 0.717) is 6.42 Å². The zero-order chi connectivity index (χ0) is 20.9. The molecule has 0 aromatic rings. The van der Waals surface area contributed by atoms with Gasteiger partial charge in [0.05, 0.1) is 11.5 Å². The van der Waals surface area contributed by atoms with Crippen LogP contribution in [0.25, 0.3) is 0 Å². The van der Waals surface area contributed by atoms with Crippen LogP contribution in [0.1, 0.15) is 61.8 Å². The zero-order valence-electron chi connectivity index (χ0n) is 19.1. The molecule has 0 radical (unpaired) electrons. The molecule has 0 N–H and O–H groups in total. The highest BCUT2D eigenvalue weighted by Crippen LogP contribution is 2.53. The minimum Gasteiger partial charge on any atom is -0.413 e. The van der Waals surface area contributed by atoms with E-state index in [0.717, 1.165) is 6.29 Å². The highest BCUT2D eigenvalue weighted by atomic mass is 28.4. The molecule has 0 aromatic heterocycles. The first-order valence-electron chi connectivity index (χ1n) is 9.81. The summed E-state index contributed by atoms with van der Waals surface area (Å²) in [6, 6.07) is -0.0619. The molecule has 0 saturated carbocycles. The van der Waals surface area contributed by atoms with Crippen LogP contribution in [0, 0.1) is 5.41 Å². The van der Waals surface area contributed by atoms with Crippen LogP contribution in [0.15, 0.2) is 0 Å². The third-order valence-corrected chi connectivity index (χ3v) is 17.5. The number of carbonyl (C=O) groups excluding carboxylic acids is 2. The monoisotopic (exact) mass is 399 g/mol. The van der Waals surface area contributed by atoms with E-state index in [4.69, 9.17) is 4.43 Å². The van der Waals surface area contributed by atoms with Gasteiger partial charge in [0.15, 0.2) is 16.6 Å². The number of hydrogen-bond acceptors (Lipinski definition) is 3. The van der Waals surface area contributed by atoms with E-state index >= 15 is 0 Å². The third-order valence-electron chi connectivity index (χ3n) is 7.56. The smallest absolute Gasteiger partial charge is 0.225 e. The molecule has 0 aromatic carbocycles. The Morgan fingerprint density at radius 2 is 1.58 bits per heavy atom. The van der Waals surface area contributed by atoms with Gasteiger partial charge in [-0.25, -0.2) is 0 Å². The molecule has 3 atom stereocenters. The van der Waals surface area contributed by atoms with Gasteiger partial charge in [0, 0.05) is 12.5 Å². The maximum absolute atomic E-state index is 13.4. The third kappa shape index (κ3) is 3.61. The average molecular weight is 400 g/mol. The molecule has 0 bridgehead atoms. The van der Waals surface area contributed by atoms with E-state index < -0.39 is 22.0 Å².